The first-order valence-electron chi connectivity index (χ1n) is 9.28. The number of aromatic nitrogens is 3. The Morgan fingerprint density at radius 3 is 2.44 bits per heavy atom. The number of hydrogen-bond donors (Lipinski definition) is 1. The summed E-state index contributed by atoms with van der Waals surface area (Å²) in [5, 5.41) is 14.1. The summed E-state index contributed by atoms with van der Waals surface area (Å²) in [5.41, 5.74) is 2.25. The summed E-state index contributed by atoms with van der Waals surface area (Å²) in [4.78, 5) is 4.40. The van der Waals surface area contributed by atoms with Crippen LogP contribution in [0.4, 0.5) is 13.2 Å². The van der Waals surface area contributed by atoms with E-state index < -0.39 is 12.5 Å². The van der Waals surface area contributed by atoms with Gasteiger partial charge < -0.3 is 14.3 Å². The van der Waals surface area contributed by atoms with Crippen molar-refractivity contribution in [2.24, 2.45) is 0 Å². The van der Waals surface area contributed by atoms with Crippen LogP contribution in [0.3, 0.4) is 0 Å². The Kier molecular flexibility index (Phi) is 6.75. The molecule has 2 heterocycles. The topological polar surface area (TPSA) is 73.3 Å². The molecule has 1 unspecified atom stereocenters. The molecule has 0 radical (unpaired) electrons. The van der Waals surface area contributed by atoms with Gasteiger partial charge in [-0.15, -0.1) is 13.2 Å². The average molecular weight is 510 g/mol. The predicted molar refractivity (Wildman–Crippen MR) is 118 cm³/mol. The molecule has 0 aliphatic carbocycles. The summed E-state index contributed by atoms with van der Waals surface area (Å²) in [6, 6.07) is 6.94. The minimum Gasteiger partial charge on any atom is -0.440 e. The van der Waals surface area contributed by atoms with Gasteiger partial charge in [0.15, 0.2) is 11.7 Å². The second kappa shape index (κ2) is 9.17. The molecule has 0 saturated heterocycles. The molecule has 0 saturated carbocycles. The second-order valence-electron chi connectivity index (χ2n) is 6.80. The highest BCUT2D eigenvalue weighted by molar-refractivity contribution is 9.11. The molecule has 0 amide bonds. The molecule has 3 rings (SSSR count). The van der Waals surface area contributed by atoms with Crippen LogP contribution in [0.1, 0.15) is 30.4 Å². The predicted octanol–water partition coefficient (Wildman–Crippen LogP) is 6.26. The van der Waals surface area contributed by atoms with Gasteiger partial charge in [-0.3, -0.25) is 0 Å². The maximum absolute atomic E-state index is 12.5. The van der Waals surface area contributed by atoms with Crippen molar-refractivity contribution in [3.8, 4) is 17.0 Å². The standard InChI is InChI=1S/C22H19BrF3N3O3/c1-12(23)11-18(13(2)29-10-9-19(28-29)14(3)30)21-20(27-15(4)31-21)16-5-7-17(8-6-16)32-22(24,25)26/h5-11,14,30H,1-2H2,3-4H3/b18-11+. The fourth-order valence-electron chi connectivity index (χ4n) is 2.89. The summed E-state index contributed by atoms with van der Waals surface area (Å²) >= 11 is 3.30. The first kappa shape index (κ1) is 23.6. The smallest absolute Gasteiger partial charge is 0.440 e. The molecule has 0 aliphatic heterocycles. The van der Waals surface area contributed by atoms with Crippen molar-refractivity contribution in [1.82, 2.24) is 14.8 Å². The molecule has 1 aromatic carbocycles. The van der Waals surface area contributed by atoms with E-state index in [4.69, 9.17) is 4.42 Å². The van der Waals surface area contributed by atoms with Gasteiger partial charge in [-0.2, -0.15) is 5.10 Å². The van der Waals surface area contributed by atoms with Gasteiger partial charge >= 0.3 is 6.36 Å². The van der Waals surface area contributed by atoms with E-state index in [2.05, 4.69) is 43.9 Å². The summed E-state index contributed by atoms with van der Waals surface area (Å²) < 4.78 is 49.1. The van der Waals surface area contributed by atoms with Crippen molar-refractivity contribution in [2.45, 2.75) is 26.3 Å². The van der Waals surface area contributed by atoms with Gasteiger partial charge in [0.1, 0.15) is 11.4 Å². The molecule has 168 valence electrons. The van der Waals surface area contributed by atoms with Crippen molar-refractivity contribution >= 4 is 27.2 Å². The Morgan fingerprint density at radius 1 is 1.25 bits per heavy atom. The number of alkyl halides is 3. The molecule has 1 atom stereocenters. The van der Waals surface area contributed by atoms with Crippen LogP contribution in [0.25, 0.3) is 22.5 Å². The van der Waals surface area contributed by atoms with Gasteiger partial charge in [0, 0.05) is 28.7 Å². The van der Waals surface area contributed by atoms with Gasteiger partial charge in [-0.25, -0.2) is 9.67 Å². The number of aryl methyl sites for hydroxylation is 1. The third-order valence-corrected chi connectivity index (χ3v) is 4.50. The molecule has 2 aromatic heterocycles. The fraction of sp³-hybridized carbons (Fsp3) is 0.182. The second-order valence-corrected chi connectivity index (χ2v) is 7.81. The van der Waals surface area contributed by atoms with E-state index in [1.807, 2.05) is 0 Å². The molecule has 10 heteroatoms. The number of hydrogen-bond acceptors (Lipinski definition) is 5. The lowest BCUT2D eigenvalue weighted by molar-refractivity contribution is -0.274. The van der Waals surface area contributed by atoms with E-state index >= 15 is 0 Å². The van der Waals surface area contributed by atoms with E-state index in [-0.39, 0.29) is 5.75 Å². The molecular formula is C22H19BrF3N3O3. The van der Waals surface area contributed by atoms with E-state index in [1.54, 1.807) is 32.2 Å². The van der Waals surface area contributed by atoms with E-state index in [1.165, 1.54) is 28.9 Å². The fourth-order valence-corrected chi connectivity index (χ4v) is 3.12. The van der Waals surface area contributed by atoms with Crippen LogP contribution in [0.2, 0.25) is 0 Å². The Morgan fingerprint density at radius 2 is 1.91 bits per heavy atom. The van der Waals surface area contributed by atoms with E-state index in [0.717, 1.165) is 0 Å². The zero-order valence-corrected chi connectivity index (χ0v) is 18.7. The largest absolute Gasteiger partial charge is 0.573 e. The monoisotopic (exact) mass is 509 g/mol. The first-order valence-corrected chi connectivity index (χ1v) is 10.1. The Bertz CT molecular complexity index is 1180. The van der Waals surface area contributed by atoms with Crippen LogP contribution < -0.4 is 4.74 Å². The van der Waals surface area contributed by atoms with Gasteiger partial charge in [-0.05, 0) is 43.3 Å². The first-order chi connectivity index (χ1) is 14.9. The third-order valence-electron chi connectivity index (χ3n) is 4.27. The van der Waals surface area contributed by atoms with Gasteiger partial charge in [-0.1, -0.05) is 29.1 Å². The number of nitrogens with zero attached hydrogens (tertiary/aromatic N) is 3. The quantitative estimate of drug-likeness (QED) is 0.380. The Labute approximate surface area is 190 Å². The molecule has 0 bridgehead atoms. The maximum Gasteiger partial charge on any atom is 0.573 e. The number of allylic oxidation sites excluding steroid dienone is 4. The van der Waals surface area contributed by atoms with Crippen LogP contribution in [-0.4, -0.2) is 26.2 Å². The molecule has 3 aromatic rings. The number of benzene rings is 1. The van der Waals surface area contributed by atoms with Crippen molar-refractivity contribution in [3.63, 3.8) is 0 Å². The number of halogens is 4. The summed E-state index contributed by atoms with van der Waals surface area (Å²) in [7, 11) is 0. The number of aliphatic hydroxyl groups excluding tert-OH is 1. The molecule has 6 nitrogen and oxygen atoms in total. The number of aliphatic hydroxyl groups is 1. The van der Waals surface area contributed by atoms with Crippen LogP contribution in [-0.2, 0) is 0 Å². The molecule has 0 fully saturated rings. The molecule has 32 heavy (non-hydrogen) atoms. The molecule has 0 aliphatic rings. The van der Waals surface area contributed by atoms with Gasteiger partial charge in [0.05, 0.1) is 17.5 Å². The zero-order valence-electron chi connectivity index (χ0n) is 17.2. The normalized spacial score (nSPS) is 13.2. The van der Waals surface area contributed by atoms with Gasteiger partial charge in [0.2, 0.25) is 0 Å². The highest BCUT2D eigenvalue weighted by atomic mass is 79.9. The van der Waals surface area contributed by atoms with Crippen molar-refractivity contribution in [3.05, 3.63) is 77.6 Å². The van der Waals surface area contributed by atoms with E-state index in [9.17, 15) is 18.3 Å². The van der Waals surface area contributed by atoms with Crippen LogP contribution in [0.15, 0.2) is 64.7 Å². The average Bonchev–Trinajstić information content (AvgIpc) is 3.32. The minimum absolute atomic E-state index is 0.326. The SMILES string of the molecule is C=C(Br)/C=C(\C(=C)n1ccc(C(C)O)n1)c1oc(C)nc1-c1ccc(OC(F)(F)F)cc1. The van der Waals surface area contributed by atoms with Crippen molar-refractivity contribution in [2.75, 3.05) is 0 Å². The van der Waals surface area contributed by atoms with Crippen molar-refractivity contribution < 1.29 is 27.4 Å². The number of oxazole rings is 1. The lowest BCUT2D eigenvalue weighted by Gasteiger charge is -2.12. The lowest BCUT2D eigenvalue weighted by Crippen LogP contribution is -2.16. The summed E-state index contributed by atoms with van der Waals surface area (Å²) in [6.07, 6.45) is -2.24. The van der Waals surface area contributed by atoms with Gasteiger partial charge in [0.25, 0.3) is 0 Å². The van der Waals surface area contributed by atoms with Crippen LogP contribution in [0, 0.1) is 6.92 Å². The highest BCUT2D eigenvalue weighted by Crippen LogP contribution is 2.36. The van der Waals surface area contributed by atoms with Crippen molar-refractivity contribution in [1.29, 1.82) is 0 Å². The maximum atomic E-state index is 12.5. The van der Waals surface area contributed by atoms with E-state index in [0.29, 0.717) is 44.4 Å². The summed E-state index contributed by atoms with van der Waals surface area (Å²) in [6.45, 7) is 11.2. The number of rotatable bonds is 7. The number of ether oxygens (including phenoxy) is 1. The minimum atomic E-state index is -4.78. The van der Waals surface area contributed by atoms with Crippen LogP contribution in [0.5, 0.6) is 5.75 Å². The highest BCUT2D eigenvalue weighted by Gasteiger charge is 2.31. The molecule has 1 N–H and O–H groups in total. The van der Waals surface area contributed by atoms with Crippen LogP contribution >= 0.6 is 15.9 Å². The third kappa shape index (κ3) is 5.57. The zero-order chi connectivity index (χ0) is 23.6. The Hall–Kier alpha value is -3.11. The molecular weight excluding hydrogens is 491 g/mol. The molecule has 0 spiro atoms. The Balaban J connectivity index is 2.04. The lowest BCUT2D eigenvalue weighted by atomic mass is 10.0. The summed E-state index contributed by atoms with van der Waals surface area (Å²) in [5.74, 6) is 0.320.